The summed E-state index contributed by atoms with van der Waals surface area (Å²) < 4.78 is 16.8. The minimum Gasteiger partial charge on any atom is -0.381 e. The highest BCUT2D eigenvalue weighted by Crippen LogP contribution is 2.27. The van der Waals surface area contributed by atoms with Crippen LogP contribution in [0.4, 0.5) is 0 Å². The van der Waals surface area contributed by atoms with E-state index in [-0.39, 0.29) is 12.0 Å². The summed E-state index contributed by atoms with van der Waals surface area (Å²) in [5.41, 5.74) is 0.582. The number of morpholine rings is 1. The molecule has 2 aliphatic rings. The van der Waals surface area contributed by atoms with E-state index in [1.165, 1.54) is 11.5 Å². The Balaban J connectivity index is 1.51. The molecule has 1 atom stereocenters. The molecule has 122 valence electrons. The fourth-order valence-corrected chi connectivity index (χ4v) is 4.19. The number of rotatable bonds is 2. The van der Waals surface area contributed by atoms with Gasteiger partial charge in [-0.1, -0.05) is 18.2 Å². The molecule has 1 aromatic carbocycles. The lowest BCUT2D eigenvalue weighted by molar-refractivity contribution is -0.0739. The van der Waals surface area contributed by atoms with Crippen molar-refractivity contribution >= 4 is 27.5 Å². The molecule has 1 aromatic heterocycles. The van der Waals surface area contributed by atoms with E-state index >= 15 is 0 Å². The van der Waals surface area contributed by atoms with E-state index in [2.05, 4.69) is 4.37 Å². The number of hydrogen-bond acceptors (Lipinski definition) is 5. The van der Waals surface area contributed by atoms with Crippen LogP contribution in [0.25, 0.3) is 10.1 Å². The molecule has 1 amide bonds. The van der Waals surface area contributed by atoms with Crippen LogP contribution in [-0.2, 0) is 9.47 Å². The van der Waals surface area contributed by atoms with Crippen molar-refractivity contribution < 1.29 is 14.3 Å². The third-order valence-electron chi connectivity index (χ3n) is 4.75. The van der Waals surface area contributed by atoms with Gasteiger partial charge in [0.25, 0.3) is 5.91 Å². The van der Waals surface area contributed by atoms with Crippen LogP contribution in [0.15, 0.2) is 24.3 Å². The second kappa shape index (κ2) is 6.55. The monoisotopic (exact) mass is 332 g/mol. The number of amides is 1. The molecule has 0 bridgehead atoms. The van der Waals surface area contributed by atoms with Gasteiger partial charge in [-0.3, -0.25) is 4.79 Å². The van der Waals surface area contributed by atoms with E-state index in [1.54, 1.807) is 0 Å². The molecule has 0 radical (unpaired) electrons. The molecule has 3 heterocycles. The summed E-state index contributed by atoms with van der Waals surface area (Å²) in [5.74, 6) is 0.523. The summed E-state index contributed by atoms with van der Waals surface area (Å²) >= 11 is 1.39. The van der Waals surface area contributed by atoms with Crippen LogP contribution in [0.2, 0.25) is 0 Å². The average Bonchev–Trinajstić information content (AvgIpc) is 3.06. The maximum Gasteiger partial charge on any atom is 0.274 e. The van der Waals surface area contributed by atoms with E-state index in [9.17, 15) is 4.79 Å². The molecule has 23 heavy (non-hydrogen) atoms. The first kappa shape index (κ1) is 15.1. The molecule has 0 saturated carbocycles. The summed E-state index contributed by atoms with van der Waals surface area (Å²) in [6.45, 7) is 3.51. The number of carbonyl (C=O) groups is 1. The summed E-state index contributed by atoms with van der Waals surface area (Å²) in [7, 11) is 0. The van der Waals surface area contributed by atoms with E-state index in [1.807, 2.05) is 29.2 Å². The number of benzene rings is 1. The first-order valence-corrected chi connectivity index (χ1v) is 8.93. The first-order valence-electron chi connectivity index (χ1n) is 8.16. The highest BCUT2D eigenvalue weighted by atomic mass is 32.1. The lowest BCUT2D eigenvalue weighted by atomic mass is 9.92. The second-order valence-corrected chi connectivity index (χ2v) is 6.94. The zero-order valence-corrected chi connectivity index (χ0v) is 13.8. The quantitative estimate of drug-likeness (QED) is 0.848. The largest absolute Gasteiger partial charge is 0.381 e. The Bertz CT molecular complexity index is 696. The number of fused-ring (bicyclic) bond motifs is 1. The second-order valence-electron chi connectivity index (χ2n) is 6.14. The molecular formula is C17H20N2O3S. The van der Waals surface area contributed by atoms with Crippen LogP contribution in [0.3, 0.4) is 0 Å². The Morgan fingerprint density at radius 3 is 2.91 bits per heavy atom. The van der Waals surface area contributed by atoms with Gasteiger partial charge >= 0.3 is 0 Å². The SMILES string of the molecule is O=C(c1nsc2ccccc12)N1CCOC(C2CCOCC2)C1. The maximum absolute atomic E-state index is 12.9. The number of nitrogens with zero attached hydrogens (tertiary/aromatic N) is 2. The van der Waals surface area contributed by atoms with Gasteiger partial charge in [0, 0.05) is 31.7 Å². The third kappa shape index (κ3) is 2.98. The first-order chi connectivity index (χ1) is 11.3. The van der Waals surface area contributed by atoms with Crippen molar-refractivity contribution in [2.45, 2.75) is 18.9 Å². The fraction of sp³-hybridized carbons (Fsp3) is 0.529. The molecule has 6 heteroatoms. The van der Waals surface area contributed by atoms with E-state index < -0.39 is 0 Å². The van der Waals surface area contributed by atoms with Crippen LogP contribution in [0, 0.1) is 5.92 Å². The lowest BCUT2D eigenvalue weighted by Gasteiger charge is -2.38. The van der Waals surface area contributed by atoms with Gasteiger partial charge in [-0.25, -0.2) is 0 Å². The summed E-state index contributed by atoms with van der Waals surface area (Å²) in [6, 6.07) is 7.92. The third-order valence-corrected chi connectivity index (χ3v) is 5.58. The van der Waals surface area contributed by atoms with E-state index in [4.69, 9.17) is 9.47 Å². The Morgan fingerprint density at radius 1 is 1.22 bits per heavy atom. The topological polar surface area (TPSA) is 51.7 Å². The number of aromatic nitrogens is 1. The van der Waals surface area contributed by atoms with Gasteiger partial charge < -0.3 is 14.4 Å². The molecular weight excluding hydrogens is 312 g/mol. The molecule has 2 aliphatic heterocycles. The molecule has 0 N–H and O–H groups in total. The minimum absolute atomic E-state index is 0.0304. The van der Waals surface area contributed by atoms with Gasteiger partial charge in [0.1, 0.15) is 5.69 Å². The smallest absolute Gasteiger partial charge is 0.274 e. The molecule has 4 rings (SSSR count). The summed E-state index contributed by atoms with van der Waals surface area (Å²) in [4.78, 5) is 14.8. The van der Waals surface area contributed by atoms with Gasteiger partial charge in [-0.2, -0.15) is 4.37 Å². The summed E-state index contributed by atoms with van der Waals surface area (Å²) in [5, 5.41) is 0.955. The van der Waals surface area contributed by atoms with Crippen molar-refractivity contribution in [1.82, 2.24) is 9.27 Å². The molecule has 2 saturated heterocycles. The predicted octanol–water partition coefficient (Wildman–Crippen LogP) is 2.56. The highest BCUT2D eigenvalue weighted by molar-refractivity contribution is 7.13. The zero-order chi connectivity index (χ0) is 15.6. The van der Waals surface area contributed by atoms with Crippen molar-refractivity contribution in [2.75, 3.05) is 32.9 Å². The van der Waals surface area contributed by atoms with Gasteiger partial charge in [0.15, 0.2) is 0 Å². The van der Waals surface area contributed by atoms with E-state index in [0.29, 0.717) is 31.3 Å². The van der Waals surface area contributed by atoms with Crippen molar-refractivity contribution in [3.8, 4) is 0 Å². The Labute approximate surface area is 139 Å². The molecule has 2 aromatic rings. The number of ether oxygens (including phenoxy) is 2. The Kier molecular flexibility index (Phi) is 4.29. The molecule has 0 aliphatic carbocycles. The van der Waals surface area contributed by atoms with Crippen LogP contribution in [-0.4, -0.2) is 54.2 Å². The van der Waals surface area contributed by atoms with Crippen LogP contribution >= 0.6 is 11.5 Å². The van der Waals surface area contributed by atoms with Crippen LogP contribution < -0.4 is 0 Å². The average molecular weight is 332 g/mol. The van der Waals surface area contributed by atoms with Gasteiger partial charge in [0.2, 0.25) is 0 Å². The molecule has 1 unspecified atom stereocenters. The van der Waals surface area contributed by atoms with Crippen molar-refractivity contribution in [3.05, 3.63) is 30.0 Å². The molecule has 2 fully saturated rings. The van der Waals surface area contributed by atoms with Gasteiger partial charge in [-0.15, -0.1) is 0 Å². The lowest BCUT2D eigenvalue weighted by Crippen LogP contribution is -2.49. The van der Waals surface area contributed by atoms with Gasteiger partial charge in [-0.05, 0) is 36.4 Å². The maximum atomic E-state index is 12.9. The Hall–Kier alpha value is -1.50. The van der Waals surface area contributed by atoms with Crippen LogP contribution in [0.1, 0.15) is 23.3 Å². The minimum atomic E-state index is 0.0304. The normalized spacial score (nSPS) is 23.3. The Morgan fingerprint density at radius 2 is 2.04 bits per heavy atom. The predicted molar refractivity (Wildman–Crippen MR) is 88.8 cm³/mol. The van der Waals surface area contributed by atoms with Crippen molar-refractivity contribution in [2.24, 2.45) is 5.92 Å². The van der Waals surface area contributed by atoms with Crippen molar-refractivity contribution in [1.29, 1.82) is 0 Å². The van der Waals surface area contributed by atoms with Crippen LogP contribution in [0.5, 0.6) is 0 Å². The zero-order valence-electron chi connectivity index (χ0n) is 12.9. The fourth-order valence-electron chi connectivity index (χ4n) is 3.42. The number of carbonyl (C=O) groups excluding carboxylic acids is 1. The van der Waals surface area contributed by atoms with Gasteiger partial charge in [0.05, 0.1) is 17.4 Å². The number of hydrogen-bond donors (Lipinski definition) is 0. The van der Waals surface area contributed by atoms with Crippen molar-refractivity contribution in [3.63, 3.8) is 0 Å². The standard InChI is InChI=1S/C17H20N2O3S/c20-17(16-13-3-1-2-4-15(13)23-18-16)19-7-10-22-14(11-19)12-5-8-21-9-6-12/h1-4,12,14H,5-11H2. The summed E-state index contributed by atoms with van der Waals surface area (Å²) in [6.07, 6.45) is 2.17. The molecule has 5 nitrogen and oxygen atoms in total. The molecule has 0 spiro atoms. The van der Waals surface area contributed by atoms with E-state index in [0.717, 1.165) is 36.1 Å². The highest BCUT2D eigenvalue weighted by Gasteiger charge is 2.32.